The first-order valence-electron chi connectivity index (χ1n) is 9.09. The molecule has 1 atom stereocenters. The molecule has 1 unspecified atom stereocenters. The third-order valence-corrected chi connectivity index (χ3v) is 6.84. The van der Waals surface area contributed by atoms with Crippen LogP contribution in [-0.4, -0.2) is 49.7 Å². The second kappa shape index (κ2) is 7.59. The summed E-state index contributed by atoms with van der Waals surface area (Å²) >= 11 is 0. The molecule has 0 saturated heterocycles. The number of benzene rings is 1. The molecule has 2 rings (SSSR count). The molecular formula is C19H29N3O4S. The number of fused-ring (bicyclic) bond motifs is 1. The van der Waals surface area contributed by atoms with Crippen LogP contribution in [-0.2, 0) is 26.0 Å². The lowest BCUT2D eigenvalue weighted by Gasteiger charge is -2.26. The van der Waals surface area contributed by atoms with E-state index >= 15 is 0 Å². The Morgan fingerprint density at radius 1 is 1.33 bits per heavy atom. The van der Waals surface area contributed by atoms with E-state index in [4.69, 9.17) is 0 Å². The number of amides is 2. The highest BCUT2D eigenvalue weighted by Gasteiger charge is 2.31. The van der Waals surface area contributed by atoms with Gasteiger partial charge in [-0.1, -0.05) is 6.92 Å². The van der Waals surface area contributed by atoms with Gasteiger partial charge in [-0.05, 0) is 57.4 Å². The van der Waals surface area contributed by atoms with Crippen LogP contribution >= 0.6 is 0 Å². The topological polar surface area (TPSA) is 86.8 Å². The zero-order valence-corrected chi connectivity index (χ0v) is 17.7. The van der Waals surface area contributed by atoms with Gasteiger partial charge in [-0.25, -0.2) is 8.42 Å². The molecule has 1 aliphatic rings. The van der Waals surface area contributed by atoms with Crippen molar-refractivity contribution in [1.29, 1.82) is 0 Å². The minimum absolute atomic E-state index is 0.00441. The van der Waals surface area contributed by atoms with Crippen LogP contribution in [0.25, 0.3) is 0 Å². The van der Waals surface area contributed by atoms with E-state index in [-0.39, 0.29) is 34.8 Å². The molecule has 0 fully saturated rings. The van der Waals surface area contributed by atoms with Gasteiger partial charge in [0, 0.05) is 31.2 Å². The summed E-state index contributed by atoms with van der Waals surface area (Å²) in [7, 11) is -2.41. The summed E-state index contributed by atoms with van der Waals surface area (Å²) in [6.07, 6.45) is 1.35. The van der Waals surface area contributed by atoms with Crippen molar-refractivity contribution in [2.75, 3.05) is 18.5 Å². The zero-order chi connectivity index (χ0) is 20.6. The molecule has 0 spiro atoms. The number of hydrogen-bond acceptors (Lipinski definition) is 4. The largest absolute Gasteiger partial charge is 0.350 e. The van der Waals surface area contributed by atoms with E-state index in [1.165, 1.54) is 20.0 Å². The summed E-state index contributed by atoms with van der Waals surface area (Å²) in [4.78, 5) is 25.8. The lowest BCUT2D eigenvalue weighted by Crippen LogP contribution is -2.47. The SMILES string of the molecule is CCC(C)(C)NC(=O)CN(C)S(=O)(=O)c1ccc2c(c1)CC(C)N2C(C)=O. The van der Waals surface area contributed by atoms with E-state index in [1.54, 1.807) is 17.0 Å². The molecule has 2 amide bonds. The van der Waals surface area contributed by atoms with E-state index in [1.807, 2.05) is 27.7 Å². The summed E-state index contributed by atoms with van der Waals surface area (Å²) in [6.45, 7) is 8.92. The number of nitrogens with zero attached hydrogens (tertiary/aromatic N) is 2. The number of sulfonamides is 1. The van der Waals surface area contributed by atoms with Gasteiger partial charge in [-0.2, -0.15) is 4.31 Å². The van der Waals surface area contributed by atoms with Crippen LogP contribution in [0.4, 0.5) is 5.69 Å². The van der Waals surface area contributed by atoms with Gasteiger partial charge in [0.05, 0.1) is 11.4 Å². The molecule has 0 bridgehead atoms. The molecular weight excluding hydrogens is 366 g/mol. The Kier molecular flexibility index (Phi) is 6.01. The van der Waals surface area contributed by atoms with Gasteiger partial charge < -0.3 is 10.2 Å². The maximum absolute atomic E-state index is 12.9. The van der Waals surface area contributed by atoms with Crippen molar-refractivity contribution in [2.45, 2.75) is 63.9 Å². The highest BCUT2D eigenvalue weighted by molar-refractivity contribution is 7.89. The summed E-state index contributed by atoms with van der Waals surface area (Å²) in [5.41, 5.74) is 1.18. The van der Waals surface area contributed by atoms with Crippen molar-refractivity contribution in [1.82, 2.24) is 9.62 Å². The maximum Gasteiger partial charge on any atom is 0.243 e. The third kappa shape index (κ3) is 4.50. The monoisotopic (exact) mass is 395 g/mol. The lowest BCUT2D eigenvalue weighted by atomic mass is 10.0. The number of nitrogens with one attached hydrogen (secondary N) is 1. The summed E-state index contributed by atoms with van der Waals surface area (Å²) in [5.74, 6) is -0.408. The highest BCUT2D eigenvalue weighted by Crippen LogP contribution is 2.34. The average Bonchev–Trinajstić information content (AvgIpc) is 2.88. The van der Waals surface area contributed by atoms with E-state index in [0.717, 1.165) is 22.0 Å². The Morgan fingerprint density at radius 3 is 2.52 bits per heavy atom. The van der Waals surface area contributed by atoms with Crippen molar-refractivity contribution in [3.63, 3.8) is 0 Å². The Morgan fingerprint density at radius 2 is 1.96 bits per heavy atom. The fourth-order valence-corrected chi connectivity index (χ4v) is 4.40. The van der Waals surface area contributed by atoms with E-state index < -0.39 is 10.0 Å². The Bertz CT molecular complexity index is 849. The molecule has 1 N–H and O–H groups in total. The fourth-order valence-electron chi connectivity index (χ4n) is 3.22. The Labute approximate surface area is 161 Å². The molecule has 1 aromatic rings. The number of carbonyl (C=O) groups is 2. The molecule has 1 aromatic carbocycles. The van der Waals surface area contributed by atoms with Crippen LogP contribution in [0.2, 0.25) is 0 Å². The number of anilines is 1. The molecule has 0 radical (unpaired) electrons. The molecule has 1 aliphatic heterocycles. The number of rotatable bonds is 6. The van der Waals surface area contributed by atoms with Gasteiger partial charge in [0.25, 0.3) is 0 Å². The van der Waals surface area contributed by atoms with E-state index in [2.05, 4.69) is 5.32 Å². The number of hydrogen-bond donors (Lipinski definition) is 1. The summed E-state index contributed by atoms with van der Waals surface area (Å²) in [6, 6.07) is 4.76. The zero-order valence-electron chi connectivity index (χ0n) is 16.9. The molecule has 1 heterocycles. The minimum atomic E-state index is -3.80. The normalized spacial score (nSPS) is 17.1. The van der Waals surface area contributed by atoms with Crippen molar-refractivity contribution in [3.8, 4) is 0 Å². The summed E-state index contributed by atoms with van der Waals surface area (Å²) in [5, 5.41) is 2.84. The van der Waals surface area contributed by atoms with E-state index in [0.29, 0.717) is 6.42 Å². The summed E-state index contributed by atoms with van der Waals surface area (Å²) < 4.78 is 26.8. The van der Waals surface area contributed by atoms with Gasteiger partial charge in [0.15, 0.2) is 0 Å². The van der Waals surface area contributed by atoms with Gasteiger partial charge in [0.1, 0.15) is 0 Å². The van der Waals surface area contributed by atoms with E-state index in [9.17, 15) is 18.0 Å². The van der Waals surface area contributed by atoms with Gasteiger partial charge in [-0.15, -0.1) is 0 Å². The Balaban J connectivity index is 2.21. The minimum Gasteiger partial charge on any atom is -0.350 e. The molecule has 0 aromatic heterocycles. The quantitative estimate of drug-likeness (QED) is 0.797. The second-order valence-electron chi connectivity index (χ2n) is 7.78. The van der Waals surface area contributed by atoms with Crippen LogP contribution in [0.3, 0.4) is 0 Å². The van der Waals surface area contributed by atoms with Crippen molar-refractivity contribution in [2.24, 2.45) is 0 Å². The van der Waals surface area contributed by atoms with Gasteiger partial charge in [0.2, 0.25) is 21.8 Å². The predicted octanol–water partition coefficient (Wildman–Crippen LogP) is 1.91. The molecule has 0 saturated carbocycles. The first kappa shape index (κ1) is 21.4. The van der Waals surface area contributed by atoms with Crippen LogP contribution in [0.15, 0.2) is 23.1 Å². The molecule has 8 heteroatoms. The molecule has 0 aliphatic carbocycles. The first-order valence-corrected chi connectivity index (χ1v) is 10.5. The van der Waals surface area contributed by atoms with Crippen molar-refractivity contribution in [3.05, 3.63) is 23.8 Å². The van der Waals surface area contributed by atoms with Crippen LogP contribution in [0, 0.1) is 0 Å². The van der Waals surface area contributed by atoms with Crippen LogP contribution in [0.5, 0.6) is 0 Å². The number of likely N-dealkylation sites (N-methyl/N-ethyl adjacent to an activating group) is 1. The first-order chi connectivity index (χ1) is 12.4. The fraction of sp³-hybridized carbons (Fsp3) is 0.579. The smallest absolute Gasteiger partial charge is 0.243 e. The molecule has 27 heavy (non-hydrogen) atoms. The van der Waals surface area contributed by atoms with Crippen molar-refractivity contribution >= 4 is 27.5 Å². The number of carbonyl (C=O) groups excluding carboxylic acids is 2. The Hall–Kier alpha value is -1.93. The molecule has 150 valence electrons. The third-order valence-electron chi connectivity index (χ3n) is 5.04. The predicted molar refractivity (Wildman–Crippen MR) is 105 cm³/mol. The molecule has 7 nitrogen and oxygen atoms in total. The van der Waals surface area contributed by atoms with Crippen LogP contribution < -0.4 is 10.2 Å². The van der Waals surface area contributed by atoms with Gasteiger partial charge in [-0.3, -0.25) is 9.59 Å². The highest BCUT2D eigenvalue weighted by atomic mass is 32.2. The van der Waals surface area contributed by atoms with Gasteiger partial charge >= 0.3 is 0 Å². The van der Waals surface area contributed by atoms with Crippen LogP contribution in [0.1, 0.15) is 46.6 Å². The second-order valence-corrected chi connectivity index (χ2v) is 9.82. The lowest BCUT2D eigenvalue weighted by molar-refractivity contribution is -0.122. The average molecular weight is 396 g/mol. The standard InChI is InChI=1S/C19H29N3O4S/c1-7-19(4,5)20-18(24)12-21(6)27(25,26)16-8-9-17-15(11-16)10-13(2)22(17)14(3)23/h8-9,11,13H,7,10,12H2,1-6H3,(H,20,24). The maximum atomic E-state index is 12.9. The van der Waals surface area contributed by atoms with Crippen molar-refractivity contribution < 1.29 is 18.0 Å².